The van der Waals surface area contributed by atoms with E-state index in [1.807, 2.05) is 12.1 Å². The maximum absolute atomic E-state index is 12.2. The molecule has 0 spiro atoms. The Hall–Kier alpha value is -2.57. The molecular formula is C20H25F3N2O7. The van der Waals surface area contributed by atoms with Crippen LogP contribution in [0.1, 0.15) is 18.4 Å². The average molecular weight is 462 g/mol. The molecule has 3 heterocycles. The van der Waals surface area contributed by atoms with Gasteiger partial charge in [-0.1, -0.05) is 6.07 Å². The number of aliphatic carboxylic acids is 1. The number of hydrogen-bond donors (Lipinski definition) is 2. The summed E-state index contributed by atoms with van der Waals surface area (Å²) < 4.78 is 53.5. The summed E-state index contributed by atoms with van der Waals surface area (Å²) in [7, 11) is 1.62. The topological polar surface area (TPSA) is 107 Å². The second-order valence-corrected chi connectivity index (χ2v) is 7.50. The predicted molar refractivity (Wildman–Crippen MR) is 103 cm³/mol. The van der Waals surface area contributed by atoms with Crippen molar-refractivity contribution in [1.82, 2.24) is 10.2 Å². The molecule has 9 nitrogen and oxygen atoms in total. The summed E-state index contributed by atoms with van der Waals surface area (Å²) in [5, 5.41) is 9.99. The van der Waals surface area contributed by atoms with Gasteiger partial charge in [-0.3, -0.25) is 9.69 Å². The molecule has 1 aromatic carbocycles. The van der Waals surface area contributed by atoms with Crippen molar-refractivity contribution in [3.8, 4) is 11.5 Å². The first kappa shape index (κ1) is 24.1. The van der Waals surface area contributed by atoms with Gasteiger partial charge < -0.3 is 29.4 Å². The minimum Gasteiger partial charge on any atom is -0.475 e. The number of methoxy groups -OCH3 is 1. The Kier molecular flexibility index (Phi) is 7.80. The van der Waals surface area contributed by atoms with Crippen molar-refractivity contribution in [2.75, 3.05) is 33.6 Å². The van der Waals surface area contributed by atoms with Gasteiger partial charge in [0.05, 0.1) is 12.7 Å². The number of carboxylic acid groups (broad SMARTS) is 1. The third-order valence-electron chi connectivity index (χ3n) is 5.36. The summed E-state index contributed by atoms with van der Waals surface area (Å²) in [6.07, 6.45) is -3.58. The number of carbonyl (C=O) groups is 2. The van der Waals surface area contributed by atoms with E-state index in [1.165, 1.54) is 5.56 Å². The minimum absolute atomic E-state index is 0.0329. The molecule has 178 valence electrons. The molecule has 0 aliphatic carbocycles. The number of nitrogens with zero attached hydrogens (tertiary/aromatic N) is 1. The average Bonchev–Trinajstić information content (AvgIpc) is 3.44. The van der Waals surface area contributed by atoms with Crippen LogP contribution >= 0.6 is 0 Å². The fraction of sp³-hybridized carbons (Fsp3) is 0.600. The van der Waals surface area contributed by atoms with Gasteiger partial charge in [-0.05, 0) is 24.1 Å². The van der Waals surface area contributed by atoms with Crippen LogP contribution in [-0.4, -0.2) is 79.9 Å². The Morgan fingerprint density at radius 2 is 2.00 bits per heavy atom. The number of rotatable bonds is 6. The minimum atomic E-state index is -5.08. The first-order valence-corrected chi connectivity index (χ1v) is 10.0. The Balaban J connectivity index is 0.000000360. The highest BCUT2D eigenvalue weighted by molar-refractivity contribution is 5.81. The molecule has 0 unspecified atom stereocenters. The van der Waals surface area contributed by atoms with Crippen LogP contribution in [0.25, 0.3) is 0 Å². The van der Waals surface area contributed by atoms with Gasteiger partial charge in [0.25, 0.3) is 0 Å². The second kappa shape index (κ2) is 10.4. The quantitative estimate of drug-likeness (QED) is 0.614. The lowest BCUT2D eigenvalue weighted by Gasteiger charge is -2.22. The summed E-state index contributed by atoms with van der Waals surface area (Å²) in [4.78, 5) is 23.5. The van der Waals surface area contributed by atoms with Crippen molar-refractivity contribution in [3.05, 3.63) is 23.8 Å². The number of fused-ring (bicyclic) bond motifs is 2. The largest absolute Gasteiger partial charge is 0.490 e. The zero-order chi connectivity index (χ0) is 23.3. The molecule has 4 rings (SSSR count). The van der Waals surface area contributed by atoms with Crippen LogP contribution in [0.3, 0.4) is 0 Å². The summed E-state index contributed by atoms with van der Waals surface area (Å²) >= 11 is 0. The van der Waals surface area contributed by atoms with Crippen LogP contribution in [0.5, 0.6) is 11.5 Å². The molecule has 3 atom stereocenters. The van der Waals surface area contributed by atoms with Crippen LogP contribution in [0, 0.1) is 0 Å². The predicted octanol–water partition coefficient (Wildman–Crippen LogP) is 1.54. The van der Waals surface area contributed by atoms with Crippen molar-refractivity contribution in [2.24, 2.45) is 0 Å². The van der Waals surface area contributed by atoms with E-state index in [0.717, 1.165) is 37.4 Å². The van der Waals surface area contributed by atoms with E-state index in [4.69, 9.17) is 28.8 Å². The fourth-order valence-corrected chi connectivity index (χ4v) is 3.86. The highest BCUT2D eigenvalue weighted by Gasteiger charge is 2.45. The van der Waals surface area contributed by atoms with Crippen molar-refractivity contribution in [2.45, 2.75) is 43.8 Å². The maximum atomic E-state index is 12.2. The lowest BCUT2D eigenvalue weighted by Crippen LogP contribution is -2.37. The van der Waals surface area contributed by atoms with E-state index in [9.17, 15) is 18.0 Å². The number of halogens is 3. The number of alkyl halides is 3. The van der Waals surface area contributed by atoms with Crippen molar-refractivity contribution >= 4 is 11.9 Å². The number of benzene rings is 1. The molecule has 2 fully saturated rings. The van der Waals surface area contributed by atoms with E-state index in [1.54, 1.807) is 7.11 Å². The Bertz CT molecular complexity index is 821. The maximum Gasteiger partial charge on any atom is 0.490 e. The van der Waals surface area contributed by atoms with E-state index in [0.29, 0.717) is 26.0 Å². The van der Waals surface area contributed by atoms with E-state index >= 15 is 0 Å². The number of likely N-dealkylation sites (tertiary alicyclic amines) is 1. The molecular weight excluding hydrogens is 437 g/mol. The standard InChI is InChI=1S/C18H24N2O5.C2HF3O2/c1-22-7-5-19-18(21)17-9-13-14(25-17)4-6-20(13)10-12-2-3-15-16(8-12)24-11-23-15;3-2(4,5)1(6)7/h2-3,8,13-14,17H,4-7,9-11H2,1H3,(H,19,21);(H,6,7)/t13-,14-,17+;/m0./s1. The zero-order valence-electron chi connectivity index (χ0n) is 17.4. The van der Waals surface area contributed by atoms with Gasteiger partial charge in [0.1, 0.15) is 6.10 Å². The summed E-state index contributed by atoms with van der Waals surface area (Å²) in [6, 6.07) is 6.37. The molecule has 2 N–H and O–H groups in total. The van der Waals surface area contributed by atoms with Gasteiger partial charge >= 0.3 is 12.1 Å². The number of nitrogens with one attached hydrogen (secondary N) is 1. The molecule has 3 aliphatic rings. The van der Waals surface area contributed by atoms with E-state index in [2.05, 4.69) is 16.3 Å². The third kappa shape index (κ3) is 6.02. The molecule has 0 saturated carbocycles. The fourth-order valence-electron chi connectivity index (χ4n) is 3.86. The molecule has 1 amide bonds. The Morgan fingerprint density at radius 1 is 1.28 bits per heavy atom. The highest BCUT2D eigenvalue weighted by atomic mass is 19.4. The summed E-state index contributed by atoms with van der Waals surface area (Å²) in [5.74, 6) is -1.17. The van der Waals surface area contributed by atoms with Crippen LogP contribution < -0.4 is 14.8 Å². The second-order valence-electron chi connectivity index (χ2n) is 7.50. The molecule has 0 radical (unpaired) electrons. The molecule has 3 aliphatic heterocycles. The van der Waals surface area contributed by atoms with Gasteiger partial charge in [0.15, 0.2) is 11.5 Å². The SMILES string of the molecule is COCCNC(=O)[C@H]1C[C@H]2[C@H](CCN2Cc2ccc3c(c2)OCO3)O1.O=C(O)C(F)(F)F. The first-order chi connectivity index (χ1) is 15.2. The number of carboxylic acids is 1. The molecule has 1 aromatic rings. The number of hydrogen-bond acceptors (Lipinski definition) is 7. The van der Waals surface area contributed by atoms with Gasteiger partial charge in [0.2, 0.25) is 12.7 Å². The number of amides is 1. The lowest BCUT2D eigenvalue weighted by atomic mass is 10.1. The summed E-state index contributed by atoms with van der Waals surface area (Å²) in [6.45, 7) is 3.15. The number of ether oxygens (including phenoxy) is 4. The van der Waals surface area contributed by atoms with Crippen LogP contribution in [0.2, 0.25) is 0 Å². The highest BCUT2D eigenvalue weighted by Crippen LogP contribution is 2.36. The molecule has 32 heavy (non-hydrogen) atoms. The first-order valence-electron chi connectivity index (χ1n) is 10.0. The number of carbonyl (C=O) groups excluding carboxylic acids is 1. The molecule has 0 bridgehead atoms. The normalized spacial score (nSPS) is 23.9. The van der Waals surface area contributed by atoms with Crippen molar-refractivity contribution < 1.29 is 46.8 Å². The monoisotopic (exact) mass is 462 g/mol. The molecule has 0 aromatic heterocycles. The van der Waals surface area contributed by atoms with E-state index in [-0.39, 0.29) is 18.1 Å². The van der Waals surface area contributed by atoms with Crippen LogP contribution in [0.15, 0.2) is 18.2 Å². The van der Waals surface area contributed by atoms with Crippen LogP contribution in [0.4, 0.5) is 13.2 Å². The van der Waals surface area contributed by atoms with Gasteiger partial charge in [-0.25, -0.2) is 4.79 Å². The zero-order valence-corrected chi connectivity index (χ0v) is 17.4. The molecule has 12 heteroatoms. The van der Waals surface area contributed by atoms with Gasteiger partial charge in [0, 0.05) is 39.2 Å². The third-order valence-corrected chi connectivity index (χ3v) is 5.36. The molecule has 2 saturated heterocycles. The van der Waals surface area contributed by atoms with Crippen molar-refractivity contribution in [1.29, 1.82) is 0 Å². The lowest BCUT2D eigenvalue weighted by molar-refractivity contribution is -0.192. The van der Waals surface area contributed by atoms with Gasteiger partial charge in [-0.2, -0.15) is 13.2 Å². The Morgan fingerprint density at radius 3 is 2.69 bits per heavy atom. The summed E-state index contributed by atoms with van der Waals surface area (Å²) in [5.41, 5.74) is 1.19. The van der Waals surface area contributed by atoms with Crippen molar-refractivity contribution in [3.63, 3.8) is 0 Å². The van der Waals surface area contributed by atoms with E-state index < -0.39 is 12.1 Å². The van der Waals surface area contributed by atoms with Crippen LogP contribution in [-0.2, 0) is 25.6 Å². The van der Waals surface area contributed by atoms with Gasteiger partial charge in [-0.15, -0.1) is 0 Å². The smallest absolute Gasteiger partial charge is 0.475 e. The Labute approximate surface area is 182 Å².